The van der Waals surface area contributed by atoms with Crippen LogP contribution in [0.4, 0.5) is 0 Å². The third kappa shape index (κ3) is 4.44. The van der Waals surface area contributed by atoms with Crippen molar-refractivity contribution in [3.8, 4) is 6.07 Å². The highest BCUT2D eigenvalue weighted by atomic mass is 16.2. The lowest BCUT2D eigenvalue weighted by molar-refractivity contribution is -0.123. The average molecular weight is 330 g/mol. The molecule has 1 N–H and O–H groups in total. The average Bonchev–Trinajstić information content (AvgIpc) is 2.98. The summed E-state index contributed by atoms with van der Waals surface area (Å²) in [5, 5.41) is 16.4. The van der Waals surface area contributed by atoms with Crippen molar-refractivity contribution in [2.24, 2.45) is 17.8 Å². The van der Waals surface area contributed by atoms with E-state index in [1.165, 1.54) is 12.6 Å². The highest BCUT2D eigenvalue weighted by Crippen LogP contribution is 2.24. The summed E-state index contributed by atoms with van der Waals surface area (Å²) < 4.78 is 1.67. The summed E-state index contributed by atoms with van der Waals surface area (Å²) in [4.78, 5) is 24.9. The van der Waals surface area contributed by atoms with Gasteiger partial charge in [0.05, 0.1) is 17.8 Å². The molecule has 1 saturated carbocycles. The molecule has 1 aliphatic rings. The summed E-state index contributed by atoms with van der Waals surface area (Å²) in [6.45, 7) is 6.90. The molecule has 0 saturated heterocycles. The van der Waals surface area contributed by atoms with Gasteiger partial charge >= 0.3 is 0 Å². The lowest BCUT2D eigenvalue weighted by Gasteiger charge is -2.29. The number of nitrogens with one attached hydrogen (secondary N) is 1. The minimum Gasteiger partial charge on any atom is -0.352 e. The van der Waals surface area contributed by atoms with Crippen LogP contribution < -0.4 is 5.32 Å². The maximum Gasteiger partial charge on any atom is 0.245 e. The number of carbonyl (C=O) groups excluding carboxylic acids is 2. The number of amides is 1. The summed E-state index contributed by atoms with van der Waals surface area (Å²) in [6, 6.07) is 1.91. The molecule has 0 bridgehead atoms. The Labute approximate surface area is 143 Å². The van der Waals surface area contributed by atoms with Crippen LogP contribution in [0.15, 0.2) is 12.4 Å². The van der Waals surface area contributed by atoms with Crippen LogP contribution >= 0.6 is 0 Å². The molecule has 6 nitrogen and oxygen atoms in total. The molecule has 24 heavy (non-hydrogen) atoms. The topological polar surface area (TPSA) is 87.8 Å². The second kappa shape index (κ2) is 8.09. The standard InChI is InChI=1S/C18H26N4O2/c1-12(2)10-22-11-14(9-20-22)17(23)15(8-19)18(24)21-16-7-5-4-6-13(16)3/h9,11-13,15-16H,4-7,10H2,1-3H3,(H,21,24)/t13-,15+,16+/m1/s1. The van der Waals surface area contributed by atoms with E-state index in [9.17, 15) is 14.9 Å². The van der Waals surface area contributed by atoms with E-state index in [0.717, 1.165) is 19.3 Å². The van der Waals surface area contributed by atoms with Crippen LogP contribution in [0.5, 0.6) is 0 Å². The van der Waals surface area contributed by atoms with E-state index in [-0.39, 0.29) is 6.04 Å². The first kappa shape index (κ1) is 18.2. The molecule has 0 unspecified atom stereocenters. The third-order valence-corrected chi connectivity index (χ3v) is 4.56. The van der Waals surface area contributed by atoms with Crippen LogP contribution in [0, 0.1) is 29.1 Å². The van der Waals surface area contributed by atoms with E-state index in [0.29, 0.717) is 23.9 Å². The third-order valence-electron chi connectivity index (χ3n) is 4.56. The van der Waals surface area contributed by atoms with Crippen molar-refractivity contribution in [1.29, 1.82) is 5.26 Å². The zero-order chi connectivity index (χ0) is 17.7. The summed E-state index contributed by atoms with van der Waals surface area (Å²) in [5.41, 5.74) is 0.314. The summed E-state index contributed by atoms with van der Waals surface area (Å²) >= 11 is 0. The second-order valence-electron chi connectivity index (χ2n) is 7.15. The van der Waals surface area contributed by atoms with Gasteiger partial charge in [0.15, 0.2) is 11.7 Å². The quantitative estimate of drug-likeness (QED) is 0.641. The fourth-order valence-corrected chi connectivity index (χ4v) is 3.16. The van der Waals surface area contributed by atoms with E-state index in [2.05, 4.69) is 31.2 Å². The SMILES string of the molecule is CC(C)Cn1cc(C(=O)[C@H](C#N)C(=O)N[C@H]2CCCC[C@H]2C)cn1. The number of nitrogens with zero attached hydrogens (tertiary/aromatic N) is 3. The number of ketones is 1. The van der Waals surface area contributed by atoms with Gasteiger partial charge in [-0.2, -0.15) is 10.4 Å². The first-order chi connectivity index (χ1) is 11.4. The molecule has 6 heteroatoms. The molecule has 0 aliphatic heterocycles. The number of nitriles is 1. The van der Waals surface area contributed by atoms with Crippen molar-refractivity contribution < 1.29 is 9.59 Å². The van der Waals surface area contributed by atoms with Crippen LogP contribution in [0.1, 0.15) is 56.8 Å². The Bertz CT molecular complexity index is 629. The lowest BCUT2D eigenvalue weighted by Crippen LogP contribution is -2.45. The minimum absolute atomic E-state index is 0.0542. The summed E-state index contributed by atoms with van der Waals surface area (Å²) in [5.74, 6) is -1.50. The molecule has 3 atom stereocenters. The number of rotatable bonds is 6. The fourth-order valence-electron chi connectivity index (χ4n) is 3.16. The van der Waals surface area contributed by atoms with E-state index in [1.807, 2.05) is 6.07 Å². The van der Waals surface area contributed by atoms with Gasteiger partial charge < -0.3 is 5.32 Å². The van der Waals surface area contributed by atoms with Gasteiger partial charge in [-0.25, -0.2) is 0 Å². The highest BCUT2D eigenvalue weighted by Gasteiger charge is 2.32. The van der Waals surface area contributed by atoms with Gasteiger partial charge in [-0.15, -0.1) is 0 Å². The van der Waals surface area contributed by atoms with Gasteiger partial charge in [0.25, 0.3) is 0 Å². The number of carbonyl (C=O) groups is 2. The highest BCUT2D eigenvalue weighted by molar-refractivity contribution is 6.11. The maximum absolute atomic E-state index is 12.5. The van der Waals surface area contributed by atoms with E-state index >= 15 is 0 Å². The zero-order valence-corrected chi connectivity index (χ0v) is 14.7. The monoisotopic (exact) mass is 330 g/mol. The molecule has 1 aromatic heterocycles. The second-order valence-corrected chi connectivity index (χ2v) is 7.15. The Morgan fingerprint density at radius 3 is 2.75 bits per heavy atom. The molecule has 130 valence electrons. The molecule has 0 spiro atoms. The first-order valence-electron chi connectivity index (χ1n) is 8.69. The van der Waals surface area contributed by atoms with Crippen molar-refractivity contribution >= 4 is 11.7 Å². The summed E-state index contributed by atoms with van der Waals surface area (Å²) in [7, 11) is 0. The van der Waals surface area contributed by atoms with Crippen molar-refractivity contribution in [3.63, 3.8) is 0 Å². The largest absolute Gasteiger partial charge is 0.352 e. The van der Waals surface area contributed by atoms with Crippen LogP contribution in [-0.4, -0.2) is 27.5 Å². The number of Topliss-reactive ketones (excluding diaryl/α,β-unsaturated/α-hetero) is 1. The summed E-state index contributed by atoms with van der Waals surface area (Å²) in [6.07, 6.45) is 7.27. The molecule has 2 rings (SSSR count). The van der Waals surface area contributed by atoms with E-state index in [4.69, 9.17) is 0 Å². The van der Waals surface area contributed by atoms with Crippen molar-refractivity contribution in [1.82, 2.24) is 15.1 Å². The normalized spacial score (nSPS) is 22.0. The minimum atomic E-state index is -1.31. The molecule has 1 aromatic rings. The molecule has 0 radical (unpaired) electrons. The smallest absolute Gasteiger partial charge is 0.245 e. The van der Waals surface area contributed by atoms with Crippen LogP contribution in [0.2, 0.25) is 0 Å². The predicted molar refractivity (Wildman–Crippen MR) is 90.1 cm³/mol. The predicted octanol–water partition coefficient (Wildman–Crippen LogP) is 2.56. The molecule has 0 aromatic carbocycles. The first-order valence-corrected chi connectivity index (χ1v) is 8.69. The van der Waals surface area contributed by atoms with Gasteiger partial charge in [-0.3, -0.25) is 14.3 Å². The van der Waals surface area contributed by atoms with Crippen LogP contribution in [0.25, 0.3) is 0 Å². The Balaban J connectivity index is 2.04. The van der Waals surface area contributed by atoms with Gasteiger partial charge in [0.2, 0.25) is 5.91 Å². The van der Waals surface area contributed by atoms with E-state index in [1.54, 1.807) is 10.9 Å². The van der Waals surface area contributed by atoms with Gasteiger partial charge in [0, 0.05) is 18.8 Å². The Kier molecular flexibility index (Phi) is 6.13. The zero-order valence-electron chi connectivity index (χ0n) is 14.7. The van der Waals surface area contributed by atoms with Crippen molar-refractivity contribution in [3.05, 3.63) is 18.0 Å². The number of hydrogen-bond acceptors (Lipinski definition) is 4. The van der Waals surface area contributed by atoms with Gasteiger partial charge in [-0.1, -0.05) is 33.6 Å². The maximum atomic E-state index is 12.5. The molecule has 1 aliphatic carbocycles. The number of hydrogen-bond donors (Lipinski definition) is 1. The fraction of sp³-hybridized carbons (Fsp3) is 0.667. The van der Waals surface area contributed by atoms with Crippen molar-refractivity contribution in [2.75, 3.05) is 0 Å². The molecule has 1 fully saturated rings. The van der Waals surface area contributed by atoms with Gasteiger partial charge in [0.1, 0.15) is 0 Å². The molecular weight excluding hydrogens is 304 g/mol. The van der Waals surface area contributed by atoms with Crippen molar-refractivity contribution in [2.45, 2.75) is 59.0 Å². The van der Waals surface area contributed by atoms with Gasteiger partial charge in [-0.05, 0) is 24.7 Å². The lowest BCUT2D eigenvalue weighted by atomic mass is 9.85. The van der Waals surface area contributed by atoms with E-state index < -0.39 is 17.6 Å². The molecular formula is C18H26N4O2. The van der Waals surface area contributed by atoms with Crippen LogP contribution in [0.3, 0.4) is 0 Å². The van der Waals surface area contributed by atoms with Crippen LogP contribution in [-0.2, 0) is 11.3 Å². The molecule has 1 heterocycles. The Hall–Kier alpha value is -2.16. The number of aromatic nitrogens is 2. The molecule has 1 amide bonds. The Morgan fingerprint density at radius 1 is 1.42 bits per heavy atom. The Morgan fingerprint density at radius 2 is 2.12 bits per heavy atom.